The minimum atomic E-state index is -3.48. The van der Waals surface area contributed by atoms with E-state index in [9.17, 15) is 8.42 Å². The number of nitrogens with one attached hydrogen (secondary N) is 1. The molecule has 1 N–H and O–H groups in total. The highest BCUT2D eigenvalue weighted by Crippen LogP contribution is 2.28. The average Bonchev–Trinajstić information content (AvgIpc) is 2.96. The molecule has 114 valence electrons. The molecule has 0 amide bonds. The quantitative estimate of drug-likeness (QED) is 0.851. The fourth-order valence-corrected chi connectivity index (χ4v) is 4.95. The normalized spacial score (nSPS) is 11.5. The fourth-order valence-electron chi connectivity index (χ4n) is 2.03. The molecule has 0 atom stereocenters. The Morgan fingerprint density at radius 1 is 1.10 bits per heavy atom. The van der Waals surface area contributed by atoms with Crippen molar-refractivity contribution in [1.29, 1.82) is 0 Å². The molecule has 0 spiro atoms. The summed E-state index contributed by atoms with van der Waals surface area (Å²) in [5, 5.41) is 3.21. The molecule has 2 aromatic rings. The summed E-state index contributed by atoms with van der Waals surface area (Å²) >= 11 is 1.33. The number of hydrogen-bond donors (Lipinski definition) is 1. The van der Waals surface area contributed by atoms with Crippen molar-refractivity contribution in [3.8, 4) is 0 Å². The van der Waals surface area contributed by atoms with Crippen molar-refractivity contribution in [1.82, 2.24) is 5.32 Å². The third kappa shape index (κ3) is 3.64. The summed E-state index contributed by atoms with van der Waals surface area (Å²) in [4.78, 5) is 1.03. The summed E-state index contributed by atoms with van der Waals surface area (Å²) in [5.41, 5.74) is 0.696. The molecule has 0 radical (unpaired) electrons. The minimum Gasteiger partial charge on any atom is -0.312 e. The van der Waals surface area contributed by atoms with Crippen LogP contribution in [-0.2, 0) is 16.6 Å². The predicted octanol–water partition coefficient (Wildman–Crippen LogP) is 3.07. The first-order valence-corrected chi connectivity index (χ1v) is 9.22. The highest BCUT2D eigenvalue weighted by Gasteiger charge is 2.25. The lowest BCUT2D eigenvalue weighted by molar-refractivity contribution is 0.594. The standard InChI is InChI=1S/C15H20N2O2S2/c1-3-16-12-14-10-11-15(20-14)21(18,19)17(4-2)13-8-6-5-7-9-13/h5-11,16H,3-4,12H2,1-2H3. The van der Waals surface area contributed by atoms with Crippen molar-refractivity contribution in [2.24, 2.45) is 0 Å². The largest absolute Gasteiger partial charge is 0.312 e. The summed E-state index contributed by atoms with van der Waals surface area (Å²) in [6.07, 6.45) is 0. The van der Waals surface area contributed by atoms with Gasteiger partial charge in [-0.15, -0.1) is 11.3 Å². The third-order valence-corrected chi connectivity index (χ3v) is 6.52. The Kier molecular flexibility index (Phi) is 5.39. The van der Waals surface area contributed by atoms with Crippen LogP contribution >= 0.6 is 11.3 Å². The van der Waals surface area contributed by atoms with Crippen LogP contribution in [0.4, 0.5) is 5.69 Å². The number of hydrogen-bond acceptors (Lipinski definition) is 4. The lowest BCUT2D eigenvalue weighted by Crippen LogP contribution is -2.30. The van der Waals surface area contributed by atoms with Gasteiger partial charge in [0.05, 0.1) is 5.69 Å². The Hall–Kier alpha value is -1.37. The summed E-state index contributed by atoms with van der Waals surface area (Å²) in [5.74, 6) is 0. The minimum absolute atomic E-state index is 0.390. The molecule has 0 bridgehead atoms. The number of thiophene rings is 1. The van der Waals surface area contributed by atoms with Crippen molar-refractivity contribution < 1.29 is 8.42 Å². The molecule has 4 nitrogen and oxygen atoms in total. The average molecular weight is 324 g/mol. The fraction of sp³-hybridized carbons (Fsp3) is 0.333. The van der Waals surface area contributed by atoms with Crippen LogP contribution in [0.5, 0.6) is 0 Å². The predicted molar refractivity (Wildman–Crippen MR) is 88.3 cm³/mol. The monoisotopic (exact) mass is 324 g/mol. The Labute approximate surface area is 130 Å². The van der Waals surface area contributed by atoms with Crippen LogP contribution in [0.3, 0.4) is 0 Å². The highest BCUT2D eigenvalue weighted by molar-refractivity contribution is 7.94. The van der Waals surface area contributed by atoms with Gasteiger partial charge < -0.3 is 5.32 Å². The van der Waals surface area contributed by atoms with E-state index < -0.39 is 10.0 Å². The Morgan fingerprint density at radius 2 is 1.81 bits per heavy atom. The van der Waals surface area contributed by atoms with Gasteiger partial charge in [-0.05, 0) is 37.7 Å². The first-order chi connectivity index (χ1) is 10.1. The van der Waals surface area contributed by atoms with Gasteiger partial charge in [-0.3, -0.25) is 4.31 Å². The van der Waals surface area contributed by atoms with Crippen molar-refractivity contribution in [3.63, 3.8) is 0 Å². The van der Waals surface area contributed by atoms with Gasteiger partial charge in [0, 0.05) is 18.0 Å². The van der Waals surface area contributed by atoms with Crippen LogP contribution in [0.2, 0.25) is 0 Å². The van der Waals surface area contributed by atoms with Crippen molar-refractivity contribution in [3.05, 3.63) is 47.3 Å². The van der Waals surface area contributed by atoms with E-state index in [1.807, 2.05) is 50.2 Å². The molecule has 0 fully saturated rings. The first kappa shape index (κ1) is 16.0. The van der Waals surface area contributed by atoms with Crippen LogP contribution in [0.25, 0.3) is 0 Å². The van der Waals surface area contributed by atoms with E-state index in [1.54, 1.807) is 6.07 Å². The zero-order valence-electron chi connectivity index (χ0n) is 12.2. The van der Waals surface area contributed by atoms with Crippen LogP contribution < -0.4 is 9.62 Å². The number of para-hydroxylation sites is 1. The van der Waals surface area contributed by atoms with E-state index in [2.05, 4.69) is 5.32 Å². The number of benzene rings is 1. The Morgan fingerprint density at radius 3 is 2.43 bits per heavy atom. The molecule has 1 aromatic heterocycles. The Bertz CT molecular complexity index is 666. The number of nitrogens with zero attached hydrogens (tertiary/aromatic N) is 1. The molecular formula is C15H20N2O2S2. The SMILES string of the molecule is CCNCc1ccc(S(=O)(=O)N(CC)c2ccccc2)s1. The van der Waals surface area contributed by atoms with Gasteiger partial charge in [0.1, 0.15) is 4.21 Å². The summed E-state index contributed by atoms with van der Waals surface area (Å²) in [6, 6.07) is 12.8. The van der Waals surface area contributed by atoms with Crippen LogP contribution in [0.1, 0.15) is 18.7 Å². The summed E-state index contributed by atoms with van der Waals surface area (Å²) in [6.45, 7) is 5.85. The van der Waals surface area contributed by atoms with Crippen molar-refractivity contribution in [2.45, 2.75) is 24.6 Å². The van der Waals surface area contributed by atoms with E-state index in [4.69, 9.17) is 0 Å². The van der Waals surface area contributed by atoms with E-state index in [1.165, 1.54) is 15.6 Å². The van der Waals surface area contributed by atoms with Crippen LogP contribution in [0, 0.1) is 0 Å². The maximum absolute atomic E-state index is 12.8. The molecule has 0 aliphatic heterocycles. The number of anilines is 1. The summed E-state index contributed by atoms with van der Waals surface area (Å²) in [7, 11) is -3.48. The third-order valence-electron chi connectivity index (χ3n) is 3.06. The van der Waals surface area contributed by atoms with Gasteiger partial charge in [-0.25, -0.2) is 8.42 Å². The molecule has 0 saturated heterocycles. The van der Waals surface area contributed by atoms with Gasteiger partial charge in [0.25, 0.3) is 10.0 Å². The van der Waals surface area contributed by atoms with Gasteiger partial charge >= 0.3 is 0 Å². The van der Waals surface area contributed by atoms with Gasteiger partial charge in [-0.1, -0.05) is 25.1 Å². The molecule has 0 aliphatic rings. The smallest absolute Gasteiger partial charge is 0.273 e. The lowest BCUT2D eigenvalue weighted by Gasteiger charge is -2.21. The molecule has 0 aliphatic carbocycles. The van der Waals surface area contributed by atoms with Crippen molar-refractivity contribution in [2.75, 3.05) is 17.4 Å². The molecule has 2 rings (SSSR count). The van der Waals surface area contributed by atoms with Gasteiger partial charge in [-0.2, -0.15) is 0 Å². The molecule has 0 unspecified atom stereocenters. The zero-order chi connectivity index (χ0) is 15.3. The molecule has 6 heteroatoms. The highest BCUT2D eigenvalue weighted by atomic mass is 32.2. The molecule has 1 heterocycles. The van der Waals surface area contributed by atoms with E-state index in [0.717, 1.165) is 11.4 Å². The molecule has 21 heavy (non-hydrogen) atoms. The second kappa shape index (κ2) is 7.06. The second-order valence-electron chi connectivity index (χ2n) is 4.51. The van der Waals surface area contributed by atoms with Crippen LogP contribution in [0.15, 0.2) is 46.7 Å². The second-order valence-corrected chi connectivity index (χ2v) is 7.76. The first-order valence-electron chi connectivity index (χ1n) is 6.96. The van der Waals surface area contributed by atoms with E-state index in [-0.39, 0.29) is 0 Å². The molecule has 1 aromatic carbocycles. The molecular weight excluding hydrogens is 304 g/mol. The van der Waals surface area contributed by atoms with Gasteiger partial charge in [0.15, 0.2) is 0 Å². The van der Waals surface area contributed by atoms with Crippen molar-refractivity contribution >= 4 is 27.0 Å². The lowest BCUT2D eigenvalue weighted by atomic mass is 10.3. The zero-order valence-corrected chi connectivity index (χ0v) is 13.9. The molecule has 0 saturated carbocycles. The number of rotatable bonds is 7. The summed E-state index contributed by atoms with van der Waals surface area (Å²) < 4.78 is 27.4. The topological polar surface area (TPSA) is 49.4 Å². The van der Waals surface area contributed by atoms with E-state index in [0.29, 0.717) is 23.0 Å². The maximum Gasteiger partial charge on any atom is 0.273 e. The van der Waals surface area contributed by atoms with Crippen LogP contribution in [-0.4, -0.2) is 21.5 Å². The Balaban J connectivity index is 2.29. The van der Waals surface area contributed by atoms with E-state index >= 15 is 0 Å². The van der Waals surface area contributed by atoms with Gasteiger partial charge in [0.2, 0.25) is 0 Å². The maximum atomic E-state index is 12.8. The number of sulfonamides is 1.